The average Bonchev–Trinajstić information content (AvgIpc) is 3.29. The highest BCUT2D eigenvalue weighted by molar-refractivity contribution is 6.31. The fourth-order valence-electron chi connectivity index (χ4n) is 3.28. The van der Waals surface area contributed by atoms with Gasteiger partial charge in [-0.05, 0) is 44.0 Å². The summed E-state index contributed by atoms with van der Waals surface area (Å²) in [6, 6.07) is 5.20. The topological polar surface area (TPSA) is 76.5 Å². The Morgan fingerprint density at radius 3 is 2.61 bits per heavy atom. The van der Waals surface area contributed by atoms with E-state index in [1.54, 1.807) is 29.9 Å². The lowest BCUT2D eigenvalue weighted by atomic mass is 10.1. The third-order valence-corrected chi connectivity index (χ3v) is 5.17. The molecule has 1 amide bonds. The van der Waals surface area contributed by atoms with Crippen LogP contribution in [-0.2, 0) is 16.6 Å². The van der Waals surface area contributed by atoms with Gasteiger partial charge in [-0.1, -0.05) is 11.6 Å². The molecule has 0 aliphatic carbocycles. The highest BCUT2D eigenvalue weighted by atomic mass is 35.5. The summed E-state index contributed by atoms with van der Waals surface area (Å²) in [6.07, 6.45) is 5.25. The van der Waals surface area contributed by atoms with Crippen molar-refractivity contribution in [3.05, 3.63) is 46.2 Å². The number of methoxy groups -OCH3 is 1. The van der Waals surface area contributed by atoms with E-state index in [9.17, 15) is 9.59 Å². The van der Waals surface area contributed by atoms with E-state index in [1.165, 1.54) is 13.2 Å². The number of nitrogens with zero attached hydrogens (tertiary/aromatic N) is 3. The van der Waals surface area contributed by atoms with Crippen LogP contribution in [0.15, 0.2) is 24.3 Å². The lowest BCUT2D eigenvalue weighted by molar-refractivity contribution is -0.111. The van der Waals surface area contributed by atoms with Crippen molar-refractivity contribution in [1.29, 1.82) is 0 Å². The Balaban J connectivity index is 1.85. The highest BCUT2D eigenvalue weighted by Crippen LogP contribution is 2.30. The number of halogens is 1. The van der Waals surface area contributed by atoms with Crippen LogP contribution in [-0.4, -0.2) is 41.9 Å². The molecule has 28 heavy (non-hydrogen) atoms. The normalized spacial score (nSPS) is 13.9. The number of aryl methyl sites for hydroxylation is 2. The largest absolute Gasteiger partial charge is 0.465 e. The summed E-state index contributed by atoms with van der Waals surface area (Å²) in [5.41, 5.74) is 3.29. The first-order chi connectivity index (χ1) is 13.4. The van der Waals surface area contributed by atoms with Gasteiger partial charge in [-0.15, -0.1) is 0 Å². The number of aromatic nitrogens is 2. The van der Waals surface area contributed by atoms with Crippen LogP contribution in [0, 0.1) is 6.92 Å². The lowest BCUT2D eigenvalue weighted by Crippen LogP contribution is -2.21. The number of hydrogen-bond acceptors (Lipinski definition) is 5. The van der Waals surface area contributed by atoms with Crippen molar-refractivity contribution < 1.29 is 14.3 Å². The van der Waals surface area contributed by atoms with Gasteiger partial charge in [-0.2, -0.15) is 5.10 Å². The molecule has 148 valence electrons. The van der Waals surface area contributed by atoms with Crippen LogP contribution in [0.5, 0.6) is 0 Å². The minimum absolute atomic E-state index is 0.318. The van der Waals surface area contributed by atoms with Crippen molar-refractivity contribution in [2.24, 2.45) is 7.05 Å². The van der Waals surface area contributed by atoms with Gasteiger partial charge in [0, 0.05) is 31.8 Å². The van der Waals surface area contributed by atoms with Crippen molar-refractivity contribution >= 4 is 40.9 Å². The van der Waals surface area contributed by atoms with Crippen LogP contribution in [0.1, 0.15) is 34.5 Å². The molecule has 0 radical (unpaired) electrons. The van der Waals surface area contributed by atoms with Gasteiger partial charge in [0.05, 0.1) is 29.7 Å². The zero-order chi connectivity index (χ0) is 20.3. The summed E-state index contributed by atoms with van der Waals surface area (Å²) in [5, 5.41) is 7.57. The molecule has 0 spiro atoms. The molecule has 2 heterocycles. The van der Waals surface area contributed by atoms with Gasteiger partial charge in [0.1, 0.15) is 5.15 Å². The summed E-state index contributed by atoms with van der Waals surface area (Å²) >= 11 is 6.20. The minimum atomic E-state index is -0.447. The molecule has 2 aromatic rings. The number of rotatable bonds is 5. The summed E-state index contributed by atoms with van der Waals surface area (Å²) < 4.78 is 6.35. The van der Waals surface area contributed by atoms with E-state index < -0.39 is 5.97 Å². The van der Waals surface area contributed by atoms with Crippen LogP contribution < -0.4 is 10.2 Å². The standard InChI is InChI=1S/C20H23ClN4O3/c1-13-15(19(21)24(2)23-13)7-9-18(26)22-16-12-14(20(27)28-3)6-8-17(16)25-10-4-5-11-25/h6-9,12H,4-5,10-11H2,1-3H3,(H,22,26)/b9-7+. The van der Waals surface area contributed by atoms with E-state index in [-0.39, 0.29) is 5.91 Å². The molecule has 8 heteroatoms. The third-order valence-electron chi connectivity index (χ3n) is 4.72. The predicted molar refractivity (Wildman–Crippen MR) is 110 cm³/mol. The summed E-state index contributed by atoms with van der Waals surface area (Å²) in [4.78, 5) is 26.6. The van der Waals surface area contributed by atoms with E-state index in [0.717, 1.165) is 37.3 Å². The maximum Gasteiger partial charge on any atom is 0.337 e. The zero-order valence-corrected chi connectivity index (χ0v) is 16.9. The van der Waals surface area contributed by atoms with E-state index in [2.05, 4.69) is 15.3 Å². The first-order valence-electron chi connectivity index (χ1n) is 9.06. The number of nitrogens with one attached hydrogen (secondary N) is 1. The van der Waals surface area contributed by atoms with Gasteiger partial charge in [-0.25, -0.2) is 4.79 Å². The molecule has 1 aromatic carbocycles. The molecule has 0 saturated carbocycles. The molecule has 1 fully saturated rings. The fraction of sp³-hybridized carbons (Fsp3) is 0.350. The van der Waals surface area contributed by atoms with E-state index >= 15 is 0 Å². The number of anilines is 2. The minimum Gasteiger partial charge on any atom is -0.465 e. The molecule has 3 rings (SSSR count). The number of amides is 1. The smallest absolute Gasteiger partial charge is 0.337 e. The lowest BCUT2D eigenvalue weighted by Gasteiger charge is -2.22. The van der Waals surface area contributed by atoms with Crippen molar-refractivity contribution in [2.75, 3.05) is 30.4 Å². The zero-order valence-electron chi connectivity index (χ0n) is 16.2. The number of carbonyl (C=O) groups is 2. The average molecular weight is 403 g/mol. The molecule has 1 aliphatic heterocycles. The van der Waals surface area contributed by atoms with Crippen molar-refractivity contribution in [2.45, 2.75) is 19.8 Å². The molecular formula is C20H23ClN4O3. The number of carbonyl (C=O) groups excluding carboxylic acids is 2. The maximum atomic E-state index is 12.5. The van der Waals surface area contributed by atoms with E-state index in [0.29, 0.717) is 22.0 Å². The number of ether oxygens (including phenoxy) is 1. The van der Waals surface area contributed by atoms with Crippen LogP contribution in [0.2, 0.25) is 5.15 Å². The van der Waals surface area contributed by atoms with Gasteiger partial charge in [0.15, 0.2) is 0 Å². The van der Waals surface area contributed by atoms with Gasteiger partial charge in [0.25, 0.3) is 0 Å². The first-order valence-corrected chi connectivity index (χ1v) is 9.44. The Kier molecular flexibility index (Phi) is 6.04. The van der Waals surface area contributed by atoms with Gasteiger partial charge in [-0.3, -0.25) is 9.48 Å². The summed E-state index contributed by atoms with van der Waals surface area (Å²) in [7, 11) is 3.07. The van der Waals surface area contributed by atoms with Crippen molar-refractivity contribution in [1.82, 2.24) is 9.78 Å². The van der Waals surface area contributed by atoms with E-state index in [1.807, 2.05) is 13.0 Å². The first kappa shape index (κ1) is 19.9. The second-order valence-electron chi connectivity index (χ2n) is 6.65. The van der Waals surface area contributed by atoms with Crippen LogP contribution in [0.4, 0.5) is 11.4 Å². The second-order valence-corrected chi connectivity index (χ2v) is 7.01. The van der Waals surface area contributed by atoms with Crippen LogP contribution in [0.25, 0.3) is 6.08 Å². The molecule has 1 aliphatic rings. The molecule has 1 saturated heterocycles. The molecule has 0 unspecified atom stereocenters. The molecular weight excluding hydrogens is 380 g/mol. The monoisotopic (exact) mass is 402 g/mol. The van der Waals surface area contributed by atoms with E-state index in [4.69, 9.17) is 16.3 Å². The summed E-state index contributed by atoms with van der Waals surface area (Å²) in [5.74, 6) is -0.765. The Labute approximate surface area is 168 Å². The van der Waals surface area contributed by atoms with Gasteiger partial charge < -0.3 is 15.0 Å². The summed E-state index contributed by atoms with van der Waals surface area (Å²) in [6.45, 7) is 3.66. The second kappa shape index (κ2) is 8.48. The van der Waals surface area contributed by atoms with Crippen LogP contribution >= 0.6 is 11.6 Å². The number of esters is 1. The van der Waals surface area contributed by atoms with Crippen LogP contribution in [0.3, 0.4) is 0 Å². The molecule has 1 N–H and O–H groups in total. The molecule has 0 bridgehead atoms. The molecule has 7 nitrogen and oxygen atoms in total. The number of benzene rings is 1. The Morgan fingerprint density at radius 2 is 2.00 bits per heavy atom. The molecule has 0 atom stereocenters. The highest BCUT2D eigenvalue weighted by Gasteiger charge is 2.19. The van der Waals surface area contributed by atoms with Crippen molar-refractivity contribution in [3.63, 3.8) is 0 Å². The van der Waals surface area contributed by atoms with Gasteiger partial charge in [0.2, 0.25) is 5.91 Å². The van der Waals surface area contributed by atoms with Gasteiger partial charge >= 0.3 is 5.97 Å². The Morgan fingerprint density at radius 1 is 1.29 bits per heavy atom. The quantitative estimate of drug-likeness (QED) is 0.612. The maximum absolute atomic E-state index is 12.5. The Hall–Kier alpha value is -2.80. The van der Waals surface area contributed by atoms with Crippen molar-refractivity contribution in [3.8, 4) is 0 Å². The SMILES string of the molecule is COC(=O)c1ccc(N2CCCC2)c(NC(=O)/C=C/c2c(C)nn(C)c2Cl)c1. The number of hydrogen-bond donors (Lipinski definition) is 1. The Bertz CT molecular complexity index is 930. The fourth-order valence-corrected chi connectivity index (χ4v) is 3.52. The molecule has 1 aromatic heterocycles. The third kappa shape index (κ3) is 4.20. The predicted octanol–water partition coefficient (Wildman–Crippen LogP) is 3.42.